The highest BCUT2D eigenvalue weighted by atomic mass is 16.4. The Hall–Kier alpha value is -2.03. The largest absolute Gasteiger partial charge is 0.477 e. The molecule has 0 bridgehead atoms. The molecule has 15 heavy (non-hydrogen) atoms. The molecule has 0 spiro atoms. The summed E-state index contributed by atoms with van der Waals surface area (Å²) in [6.07, 6.45) is 0. The number of carboxylic acid groups (broad SMARTS) is 1. The van der Waals surface area contributed by atoms with E-state index in [1.807, 2.05) is 37.3 Å². The predicted octanol–water partition coefficient (Wildman–Crippen LogP) is 2.69. The van der Waals surface area contributed by atoms with Crippen molar-refractivity contribution in [3.63, 3.8) is 0 Å². The van der Waals surface area contributed by atoms with Crippen molar-refractivity contribution in [1.82, 2.24) is 4.98 Å². The second kappa shape index (κ2) is 3.61. The summed E-state index contributed by atoms with van der Waals surface area (Å²) in [5.74, 6) is -0.930. The van der Waals surface area contributed by atoms with Crippen molar-refractivity contribution in [2.75, 3.05) is 0 Å². The van der Waals surface area contributed by atoms with Crippen LogP contribution in [0.2, 0.25) is 0 Å². The van der Waals surface area contributed by atoms with Crippen molar-refractivity contribution in [3.8, 4) is 11.3 Å². The van der Waals surface area contributed by atoms with Gasteiger partial charge in [0.05, 0.1) is 0 Å². The topological polar surface area (TPSA) is 53.1 Å². The monoisotopic (exact) mass is 201 g/mol. The van der Waals surface area contributed by atoms with Crippen molar-refractivity contribution >= 4 is 5.97 Å². The van der Waals surface area contributed by atoms with E-state index in [9.17, 15) is 4.79 Å². The molecule has 3 nitrogen and oxygen atoms in total. The highest BCUT2D eigenvalue weighted by Gasteiger charge is 2.10. The van der Waals surface area contributed by atoms with E-state index in [1.54, 1.807) is 6.07 Å². The molecule has 0 atom stereocenters. The van der Waals surface area contributed by atoms with E-state index in [1.165, 1.54) is 0 Å². The molecule has 1 aromatic heterocycles. The molecule has 0 radical (unpaired) electrons. The van der Waals surface area contributed by atoms with Gasteiger partial charge in [-0.2, -0.15) is 0 Å². The molecule has 0 fully saturated rings. The fourth-order valence-corrected chi connectivity index (χ4v) is 1.58. The number of hydrogen-bond acceptors (Lipinski definition) is 1. The van der Waals surface area contributed by atoms with Crippen LogP contribution < -0.4 is 0 Å². The number of aryl methyl sites for hydroxylation is 1. The molecule has 2 rings (SSSR count). The van der Waals surface area contributed by atoms with E-state index < -0.39 is 5.97 Å². The third kappa shape index (κ3) is 1.76. The zero-order valence-corrected chi connectivity index (χ0v) is 8.32. The first-order valence-electron chi connectivity index (χ1n) is 4.67. The number of aromatic nitrogens is 1. The van der Waals surface area contributed by atoms with Crippen molar-refractivity contribution in [3.05, 3.63) is 47.7 Å². The third-order valence-corrected chi connectivity index (χ3v) is 2.31. The van der Waals surface area contributed by atoms with Gasteiger partial charge >= 0.3 is 5.97 Å². The van der Waals surface area contributed by atoms with Gasteiger partial charge in [0.15, 0.2) is 0 Å². The predicted molar refractivity (Wildman–Crippen MR) is 57.9 cm³/mol. The van der Waals surface area contributed by atoms with E-state index in [0.717, 1.165) is 16.8 Å². The van der Waals surface area contributed by atoms with Crippen molar-refractivity contribution in [2.45, 2.75) is 6.92 Å². The van der Waals surface area contributed by atoms with Gasteiger partial charge in [-0.3, -0.25) is 0 Å². The average molecular weight is 201 g/mol. The van der Waals surface area contributed by atoms with Crippen LogP contribution in [0.5, 0.6) is 0 Å². The van der Waals surface area contributed by atoms with Gasteiger partial charge in [-0.25, -0.2) is 4.79 Å². The summed E-state index contributed by atoms with van der Waals surface area (Å²) in [7, 11) is 0. The number of carboxylic acids is 1. The molecule has 76 valence electrons. The number of carbonyl (C=O) groups is 1. The first kappa shape index (κ1) is 9.52. The summed E-state index contributed by atoms with van der Waals surface area (Å²) < 4.78 is 0. The molecular weight excluding hydrogens is 190 g/mol. The molecule has 0 amide bonds. The van der Waals surface area contributed by atoms with Gasteiger partial charge in [0.2, 0.25) is 0 Å². The zero-order valence-electron chi connectivity index (χ0n) is 8.32. The van der Waals surface area contributed by atoms with Crippen LogP contribution in [-0.2, 0) is 0 Å². The number of H-pyrrole nitrogens is 1. The highest BCUT2D eigenvalue weighted by molar-refractivity contribution is 5.87. The minimum Gasteiger partial charge on any atom is -0.477 e. The Labute approximate surface area is 87.4 Å². The third-order valence-electron chi connectivity index (χ3n) is 2.31. The Morgan fingerprint density at radius 3 is 2.47 bits per heavy atom. The normalized spacial score (nSPS) is 10.2. The molecule has 0 aliphatic rings. The summed E-state index contributed by atoms with van der Waals surface area (Å²) in [4.78, 5) is 13.7. The van der Waals surface area contributed by atoms with Gasteiger partial charge in [0.25, 0.3) is 0 Å². The quantitative estimate of drug-likeness (QED) is 0.784. The van der Waals surface area contributed by atoms with Crippen LogP contribution in [0.1, 0.15) is 16.1 Å². The Balaban J connectivity index is 2.50. The maximum atomic E-state index is 10.8. The molecule has 2 aromatic rings. The van der Waals surface area contributed by atoms with E-state index in [0.29, 0.717) is 0 Å². The lowest BCUT2D eigenvalue weighted by molar-refractivity contribution is 0.0691. The number of benzene rings is 1. The molecule has 0 aliphatic heterocycles. The number of rotatable bonds is 2. The van der Waals surface area contributed by atoms with Crippen LogP contribution in [-0.4, -0.2) is 16.1 Å². The summed E-state index contributed by atoms with van der Waals surface area (Å²) in [6.45, 7) is 1.89. The minimum atomic E-state index is -0.930. The summed E-state index contributed by atoms with van der Waals surface area (Å²) >= 11 is 0. The molecule has 0 saturated carbocycles. The van der Waals surface area contributed by atoms with Crippen LogP contribution in [0.3, 0.4) is 0 Å². The lowest BCUT2D eigenvalue weighted by Crippen LogP contribution is -1.95. The minimum absolute atomic E-state index is 0.228. The lowest BCUT2D eigenvalue weighted by Gasteiger charge is -1.98. The molecule has 3 heteroatoms. The molecule has 0 aliphatic carbocycles. The van der Waals surface area contributed by atoms with Gasteiger partial charge in [0, 0.05) is 5.69 Å². The van der Waals surface area contributed by atoms with E-state index in [-0.39, 0.29) is 5.69 Å². The van der Waals surface area contributed by atoms with Crippen LogP contribution >= 0.6 is 0 Å². The number of hydrogen-bond donors (Lipinski definition) is 2. The Kier molecular flexibility index (Phi) is 2.29. The van der Waals surface area contributed by atoms with E-state index in [4.69, 9.17) is 5.11 Å². The first-order chi connectivity index (χ1) is 7.18. The molecule has 1 heterocycles. The van der Waals surface area contributed by atoms with Crippen molar-refractivity contribution < 1.29 is 9.90 Å². The van der Waals surface area contributed by atoms with Crippen molar-refractivity contribution in [1.29, 1.82) is 0 Å². The van der Waals surface area contributed by atoms with Gasteiger partial charge < -0.3 is 10.1 Å². The summed E-state index contributed by atoms with van der Waals surface area (Å²) in [5.41, 5.74) is 3.04. The van der Waals surface area contributed by atoms with Crippen molar-refractivity contribution in [2.24, 2.45) is 0 Å². The molecule has 2 N–H and O–H groups in total. The highest BCUT2D eigenvalue weighted by Crippen LogP contribution is 2.22. The molecule has 1 aromatic carbocycles. The lowest BCUT2D eigenvalue weighted by atomic mass is 10.1. The smallest absolute Gasteiger partial charge is 0.352 e. The van der Waals surface area contributed by atoms with Crippen LogP contribution in [0.15, 0.2) is 36.4 Å². The van der Waals surface area contributed by atoms with Crippen LogP contribution in [0.4, 0.5) is 0 Å². The fraction of sp³-hybridized carbons (Fsp3) is 0.0833. The maximum absolute atomic E-state index is 10.8. The number of aromatic carboxylic acids is 1. The molecule has 0 unspecified atom stereocenters. The Morgan fingerprint density at radius 1 is 1.27 bits per heavy atom. The SMILES string of the molecule is Cc1cc(C(=O)O)[nH]c1-c1ccccc1. The number of aromatic amines is 1. The van der Waals surface area contributed by atoms with Gasteiger partial charge in [-0.1, -0.05) is 30.3 Å². The Bertz CT molecular complexity index is 486. The second-order valence-electron chi connectivity index (χ2n) is 3.41. The fourth-order valence-electron chi connectivity index (χ4n) is 1.58. The van der Waals surface area contributed by atoms with Gasteiger partial charge in [0.1, 0.15) is 5.69 Å². The van der Waals surface area contributed by atoms with E-state index in [2.05, 4.69) is 4.98 Å². The van der Waals surface area contributed by atoms with Gasteiger partial charge in [-0.15, -0.1) is 0 Å². The van der Waals surface area contributed by atoms with E-state index >= 15 is 0 Å². The summed E-state index contributed by atoms with van der Waals surface area (Å²) in [6, 6.07) is 11.3. The van der Waals surface area contributed by atoms with Gasteiger partial charge in [-0.05, 0) is 24.1 Å². The first-order valence-corrected chi connectivity index (χ1v) is 4.67. The van der Waals surface area contributed by atoms with Crippen LogP contribution in [0.25, 0.3) is 11.3 Å². The Morgan fingerprint density at radius 2 is 1.93 bits per heavy atom. The standard InChI is InChI=1S/C12H11NO2/c1-8-7-10(12(14)15)13-11(8)9-5-3-2-4-6-9/h2-7,13H,1H3,(H,14,15). The maximum Gasteiger partial charge on any atom is 0.352 e. The van der Waals surface area contributed by atoms with Crippen LogP contribution in [0, 0.1) is 6.92 Å². The molecular formula is C12H11NO2. The zero-order chi connectivity index (χ0) is 10.8. The number of nitrogens with one attached hydrogen (secondary N) is 1. The second-order valence-corrected chi connectivity index (χ2v) is 3.41. The molecule has 0 saturated heterocycles. The average Bonchev–Trinajstić information content (AvgIpc) is 2.62. The summed E-state index contributed by atoms with van der Waals surface area (Å²) in [5, 5.41) is 8.84.